The summed E-state index contributed by atoms with van der Waals surface area (Å²) in [5, 5.41) is 13.3. The molecule has 0 rings (SSSR count). The van der Waals surface area contributed by atoms with Gasteiger partial charge in [0.1, 0.15) is 12.1 Å². The molecule has 0 radical (unpaired) electrons. The summed E-state index contributed by atoms with van der Waals surface area (Å²) in [5.74, 6) is -1.33. The molecular formula is C11H21N3O4. The Labute approximate surface area is 107 Å². The molecule has 2 atom stereocenters. The van der Waals surface area contributed by atoms with E-state index >= 15 is 0 Å². The molecule has 0 heterocycles. The van der Waals surface area contributed by atoms with Crippen molar-refractivity contribution in [2.24, 2.45) is 0 Å². The maximum Gasteiger partial charge on any atom is 0.325 e. The molecule has 0 bridgehead atoms. The highest BCUT2D eigenvalue weighted by molar-refractivity contribution is 5.88. The van der Waals surface area contributed by atoms with Gasteiger partial charge in [0.25, 0.3) is 0 Å². The van der Waals surface area contributed by atoms with Gasteiger partial charge < -0.3 is 20.6 Å². The fraction of sp³-hybridized carbons (Fsp3) is 0.727. The Bertz CT molecular complexity index is 315. The number of carbonyl (C=O) groups is 3. The number of hydrogen-bond donors (Lipinski definition) is 3. The Morgan fingerprint density at radius 2 is 1.50 bits per heavy atom. The minimum Gasteiger partial charge on any atom is -0.480 e. The zero-order chi connectivity index (χ0) is 14.3. The largest absolute Gasteiger partial charge is 0.480 e. The molecule has 0 saturated heterocycles. The van der Waals surface area contributed by atoms with E-state index in [1.807, 2.05) is 13.8 Å². The molecule has 3 N–H and O–H groups in total. The maximum atomic E-state index is 11.8. The van der Waals surface area contributed by atoms with Crippen molar-refractivity contribution in [2.75, 3.05) is 13.1 Å². The summed E-state index contributed by atoms with van der Waals surface area (Å²) in [6.45, 7) is 7.73. The van der Waals surface area contributed by atoms with Crippen LogP contribution in [-0.2, 0) is 9.59 Å². The summed E-state index contributed by atoms with van der Waals surface area (Å²) >= 11 is 0. The van der Waals surface area contributed by atoms with Crippen molar-refractivity contribution in [3.05, 3.63) is 0 Å². The van der Waals surface area contributed by atoms with Gasteiger partial charge in [0.05, 0.1) is 0 Å². The lowest BCUT2D eigenvalue weighted by Crippen LogP contribution is -2.52. The van der Waals surface area contributed by atoms with Gasteiger partial charge in [-0.3, -0.25) is 9.59 Å². The Morgan fingerprint density at radius 3 is 1.89 bits per heavy atom. The van der Waals surface area contributed by atoms with E-state index < -0.39 is 24.1 Å². The van der Waals surface area contributed by atoms with Crippen LogP contribution in [0.1, 0.15) is 27.7 Å². The molecule has 0 aromatic heterocycles. The number of aliphatic carboxylic acids is 1. The molecule has 0 spiro atoms. The smallest absolute Gasteiger partial charge is 0.325 e. The fourth-order valence-electron chi connectivity index (χ4n) is 1.37. The van der Waals surface area contributed by atoms with Crippen molar-refractivity contribution in [2.45, 2.75) is 39.8 Å². The normalized spacial score (nSPS) is 13.3. The lowest BCUT2D eigenvalue weighted by atomic mass is 10.3. The predicted molar refractivity (Wildman–Crippen MR) is 66.2 cm³/mol. The van der Waals surface area contributed by atoms with Crippen LogP contribution in [0.4, 0.5) is 4.79 Å². The van der Waals surface area contributed by atoms with Crippen molar-refractivity contribution >= 4 is 17.9 Å². The van der Waals surface area contributed by atoms with Gasteiger partial charge in [-0.15, -0.1) is 0 Å². The summed E-state index contributed by atoms with van der Waals surface area (Å²) in [7, 11) is 0. The van der Waals surface area contributed by atoms with E-state index in [1.54, 1.807) is 11.8 Å². The first kappa shape index (κ1) is 16.2. The molecule has 7 nitrogen and oxygen atoms in total. The van der Waals surface area contributed by atoms with Crippen molar-refractivity contribution < 1.29 is 19.5 Å². The van der Waals surface area contributed by atoms with E-state index in [4.69, 9.17) is 5.11 Å². The molecule has 7 heteroatoms. The third-order valence-electron chi connectivity index (χ3n) is 2.51. The zero-order valence-corrected chi connectivity index (χ0v) is 11.2. The summed E-state index contributed by atoms with van der Waals surface area (Å²) < 4.78 is 0. The van der Waals surface area contributed by atoms with Crippen LogP contribution in [-0.4, -0.2) is 53.1 Å². The summed E-state index contributed by atoms with van der Waals surface area (Å²) in [4.78, 5) is 35.4. The quantitative estimate of drug-likeness (QED) is 0.626. The second kappa shape index (κ2) is 7.52. The Balaban J connectivity index is 4.30. The molecule has 0 aromatic rings. The first-order chi connectivity index (χ1) is 8.33. The lowest BCUT2D eigenvalue weighted by Gasteiger charge is -2.23. The van der Waals surface area contributed by atoms with Crippen LogP contribution >= 0.6 is 0 Å². The van der Waals surface area contributed by atoms with Gasteiger partial charge in [0.2, 0.25) is 5.91 Å². The number of carboxylic acids is 1. The van der Waals surface area contributed by atoms with Crippen molar-refractivity contribution in [3.8, 4) is 0 Å². The van der Waals surface area contributed by atoms with Crippen molar-refractivity contribution in [1.82, 2.24) is 15.5 Å². The SMILES string of the molecule is CCN(CC)C(=O)C(C)NC(=O)N[C@H](C)C(=O)O. The highest BCUT2D eigenvalue weighted by Crippen LogP contribution is 1.95. The molecule has 0 fully saturated rings. The second-order valence-electron chi connectivity index (χ2n) is 3.91. The van der Waals surface area contributed by atoms with Gasteiger partial charge in [-0.05, 0) is 27.7 Å². The van der Waals surface area contributed by atoms with Crippen LogP contribution in [0.2, 0.25) is 0 Å². The van der Waals surface area contributed by atoms with E-state index in [1.165, 1.54) is 6.92 Å². The van der Waals surface area contributed by atoms with Gasteiger partial charge in [-0.25, -0.2) is 4.79 Å². The third-order valence-corrected chi connectivity index (χ3v) is 2.51. The number of nitrogens with zero attached hydrogens (tertiary/aromatic N) is 1. The Morgan fingerprint density at radius 1 is 1.06 bits per heavy atom. The Kier molecular flexibility index (Phi) is 6.77. The number of carboxylic acid groups (broad SMARTS) is 1. The number of likely N-dealkylation sites (N-methyl/N-ethyl adjacent to an activating group) is 1. The van der Waals surface area contributed by atoms with Gasteiger partial charge in [-0.2, -0.15) is 0 Å². The molecule has 0 aliphatic heterocycles. The molecule has 0 saturated carbocycles. The summed E-state index contributed by atoms with van der Waals surface area (Å²) in [6.07, 6.45) is 0. The van der Waals surface area contributed by atoms with E-state index in [0.717, 1.165) is 0 Å². The number of rotatable bonds is 6. The number of hydrogen-bond acceptors (Lipinski definition) is 3. The zero-order valence-electron chi connectivity index (χ0n) is 11.2. The molecule has 104 valence electrons. The van der Waals surface area contributed by atoms with E-state index in [2.05, 4.69) is 10.6 Å². The third kappa shape index (κ3) is 5.03. The lowest BCUT2D eigenvalue weighted by molar-refractivity contribution is -0.138. The van der Waals surface area contributed by atoms with Crippen LogP contribution in [0.3, 0.4) is 0 Å². The highest BCUT2D eigenvalue weighted by Gasteiger charge is 2.21. The van der Waals surface area contributed by atoms with Crippen LogP contribution in [0.15, 0.2) is 0 Å². The minimum absolute atomic E-state index is 0.196. The van der Waals surface area contributed by atoms with Crippen LogP contribution in [0, 0.1) is 0 Å². The molecule has 0 aliphatic rings. The van der Waals surface area contributed by atoms with Crippen LogP contribution in [0.5, 0.6) is 0 Å². The van der Waals surface area contributed by atoms with Crippen LogP contribution in [0.25, 0.3) is 0 Å². The first-order valence-corrected chi connectivity index (χ1v) is 5.92. The fourth-order valence-corrected chi connectivity index (χ4v) is 1.37. The summed E-state index contributed by atoms with van der Waals surface area (Å²) in [5.41, 5.74) is 0. The monoisotopic (exact) mass is 259 g/mol. The molecule has 0 aliphatic carbocycles. The van der Waals surface area contributed by atoms with Gasteiger partial charge in [-0.1, -0.05) is 0 Å². The number of nitrogens with one attached hydrogen (secondary N) is 2. The van der Waals surface area contributed by atoms with E-state index in [0.29, 0.717) is 13.1 Å². The van der Waals surface area contributed by atoms with E-state index in [-0.39, 0.29) is 5.91 Å². The number of amides is 3. The molecule has 3 amide bonds. The van der Waals surface area contributed by atoms with Crippen molar-refractivity contribution in [1.29, 1.82) is 0 Å². The topological polar surface area (TPSA) is 98.7 Å². The highest BCUT2D eigenvalue weighted by atomic mass is 16.4. The van der Waals surface area contributed by atoms with Gasteiger partial charge in [0.15, 0.2) is 0 Å². The van der Waals surface area contributed by atoms with Gasteiger partial charge in [0, 0.05) is 13.1 Å². The number of carbonyl (C=O) groups excluding carboxylic acids is 2. The van der Waals surface area contributed by atoms with E-state index in [9.17, 15) is 14.4 Å². The standard InChI is InChI=1S/C11H21N3O4/c1-5-14(6-2)9(15)7(3)12-11(18)13-8(4)10(16)17/h7-8H,5-6H2,1-4H3,(H,16,17)(H2,12,13,18)/t7?,8-/m1/s1. The molecule has 0 aromatic carbocycles. The van der Waals surface area contributed by atoms with Gasteiger partial charge >= 0.3 is 12.0 Å². The van der Waals surface area contributed by atoms with Crippen molar-refractivity contribution in [3.63, 3.8) is 0 Å². The molecular weight excluding hydrogens is 238 g/mol. The maximum absolute atomic E-state index is 11.8. The predicted octanol–water partition coefficient (Wildman–Crippen LogP) is 0.0156. The average Bonchev–Trinajstić information content (AvgIpc) is 2.29. The molecule has 1 unspecified atom stereocenters. The Hall–Kier alpha value is -1.79. The summed E-state index contributed by atoms with van der Waals surface area (Å²) in [6, 6.07) is -2.36. The number of urea groups is 1. The minimum atomic E-state index is -1.13. The van der Waals surface area contributed by atoms with Crippen LogP contribution < -0.4 is 10.6 Å². The average molecular weight is 259 g/mol. The first-order valence-electron chi connectivity index (χ1n) is 5.92. The second-order valence-corrected chi connectivity index (χ2v) is 3.91. The molecule has 18 heavy (non-hydrogen) atoms.